The van der Waals surface area contributed by atoms with E-state index < -0.39 is 0 Å². The Bertz CT molecular complexity index is 611. The Labute approximate surface area is 129 Å². The molecule has 4 nitrogen and oxygen atoms in total. The zero-order valence-electron chi connectivity index (χ0n) is 12.5. The number of hydrogen-bond donors (Lipinski definition) is 1. The molecule has 0 radical (unpaired) electrons. The summed E-state index contributed by atoms with van der Waals surface area (Å²) >= 11 is 1.34. The van der Waals surface area contributed by atoms with Gasteiger partial charge in [0.15, 0.2) is 5.16 Å². The van der Waals surface area contributed by atoms with Crippen LogP contribution in [0.5, 0.6) is 0 Å². The number of amides is 1. The number of nitrogens with zero attached hydrogens (tertiary/aromatic N) is 2. The van der Waals surface area contributed by atoms with Crippen molar-refractivity contribution < 1.29 is 4.79 Å². The number of aryl methyl sites for hydroxylation is 1. The molecular formula is C16H19N3OS. The van der Waals surface area contributed by atoms with E-state index in [0.717, 1.165) is 11.4 Å². The summed E-state index contributed by atoms with van der Waals surface area (Å²) in [4.78, 5) is 20.3. The van der Waals surface area contributed by atoms with E-state index >= 15 is 0 Å². The maximum Gasteiger partial charge on any atom is 0.234 e. The standard InChI is InChI=1S/C16H19N3OS/c1-11(2)13-4-6-14(7-5-13)19-15(20)10-21-16-17-9-8-12(3)18-16/h4-9,11H,10H2,1-3H3,(H,19,20). The van der Waals surface area contributed by atoms with Crippen LogP contribution in [0.2, 0.25) is 0 Å². The van der Waals surface area contributed by atoms with Gasteiger partial charge in [-0.15, -0.1) is 0 Å². The first kappa shape index (κ1) is 15.5. The molecule has 1 aromatic heterocycles. The molecule has 1 heterocycles. The number of carbonyl (C=O) groups is 1. The molecule has 0 aliphatic carbocycles. The van der Waals surface area contributed by atoms with Gasteiger partial charge in [-0.05, 0) is 36.6 Å². The van der Waals surface area contributed by atoms with Crippen LogP contribution in [-0.2, 0) is 4.79 Å². The van der Waals surface area contributed by atoms with Gasteiger partial charge in [-0.1, -0.05) is 37.7 Å². The Morgan fingerprint density at radius 3 is 2.57 bits per heavy atom. The number of nitrogens with one attached hydrogen (secondary N) is 1. The van der Waals surface area contributed by atoms with E-state index in [1.807, 2.05) is 37.3 Å². The fourth-order valence-electron chi connectivity index (χ4n) is 1.77. The summed E-state index contributed by atoms with van der Waals surface area (Å²) in [7, 11) is 0. The van der Waals surface area contributed by atoms with E-state index in [2.05, 4.69) is 29.1 Å². The Morgan fingerprint density at radius 1 is 1.24 bits per heavy atom. The third-order valence-corrected chi connectivity index (χ3v) is 3.83. The second-order valence-corrected chi connectivity index (χ2v) is 6.04. The van der Waals surface area contributed by atoms with Crippen LogP contribution in [-0.4, -0.2) is 21.6 Å². The van der Waals surface area contributed by atoms with Crippen LogP contribution < -0.4 is 5.32 Å². The van der Waals surface area contributed by atoms with Crippen LogP contribution in [0.1, 0.15) is 31.0 Å². The van der Waals surface area contributed by atoms with Gasteiger partial charge in [0, 0.05) is 17.6 Å². The number of aromatic nitrogens is 2. The zero-order valence-corrected chi connectivity index (χ0v) is 13.3. The van der Waals surface area contributed by atoms with E-state index in [4.69, 9.17) is 0 Å². The topological polar surface area (TPSA) is 54.9 Å². The normalized spacial score (nSPS) is 10.7. The van der Waals surface area contributed by atoms with Crippen molar-refractivity contribution >= 4 is 23.4 Å². The average Bonchev–Trinajstić information content (AvgIpc) is 2.46. The molecule has 1 amide bonds. The second kappa shape index (κ2) is 7.22. The number of thioether (sulfide) groups is 1. The molecule has 5 heteroatoms. The van der Waals surface area contributed by atoms with E-state index in [1.54, 1.807) is 6.20 Å². The SMILES string of the molecule is Cc1ccnc(SCC(=O)Nc2ccc(C(C)C)cc2)n1. The van der Waals surface area contributed by atoms with Gasteiger partial charge in [-0.3, -0.25) is 4.79 Å². The molecule has 2 aromatic rings. The van der Waals surface area contributed by atoms with E-state index in [1.165, 1.54) is 17.3 Å². The predicted molar refractivity (Wildman–Crippen MR) is 86.7 cm³/mol. The van der Waals surface area contributed by atoms with Crippen LogP contribution in [0, 0.1) is 6.92 Å². The Hall–Kier alpha value is -1.88. The molecule has 0 saturated heterocycles. The van der Waals surface area contributed by atoms with Crippen molar-refractivity contribution in [3.05, 3.63) is 47.8 Å². The van der Waals surface area contributed by atoms with E-state index in [-0.39, 0.29) is 5.91 Å². The van der Waals surface area contributed by atoms with Crippen molar-refractivity contribution in [3.63, 3.8) is 0 Å². The highest BCUT2D eigenvalue weighted by atomic mass is 32.2. The minimum Gasteiger partial charge on any atom is -0.325 e. The quantitative estimate of drug-likeness (QED) is 0.676. The smallest absolute Gasteiger partial charge is 0.234 e. The number of rotatable bonds is 5. The monoisotopic (exact) mass is 301 g/mol. The lowest BCUT2D eigenvalue weighted by Crippen LogP contribution is -2.14. The largest absolute Gasteiger partial charge is 0.325 e. The zero-order chi connectivity index (χ0) is 15.2. The van der Waals surface area contributed by atoms with Gasteiger partial charge in [0.25, 0.3) is 0 Å². The Morgan fingerprint density at radius 2 is 1.95 bits per heavy atom. The van der Waals surface area contributed by atoms with Gasteiger partial charge in [0.2, 0.25) is 5.91 Å². The minimum atomic E-state index is -0.0533. The third-order valence-electron chi connectivity index (χ3n) is 2.97. The summed E-state index contributed by atoms with van der Waals surface area (Å²) < 4.78 is 0. The minimum absolute atomic E-state index is 0.0533. The predicted octanol–water partition coefficient (Wildman–Crippen LogP) is 3.64. The van der Waals surface area contributed by atoms with Crippen LogP contribution in [0.25, 0.3) is 0 Å². The van der Waals surface area contributed by atoms with Crippen molar-refractivity contribution in [2.75, 3.05) is 11.1 Å². The highest BCUT2D eigenvalue weighted by Crippen LogP contribution is 2.18. The van der Waals surface area contributed by atoms with Crippen molar-refractivity contribution in [1.29, 1.82) is 0 Å². The van der Waals surface area contributed by atoms with Crippen molar-refractivity contribution in [3.8, 4) is 0 Å². The lowest BCUT2D eigenvalue weighted by Gasteiger charge is -2.08. The molecule has 0 bridgehead atoms. The summed E-state index contributed by atoms with van der Waals surface area (Å²) in [5.41, 5.74) is 2.97. The first-order chi connectivity index (χ1) is 10.0. The molecule has 0 spiro atoms. The van der Waals surface area contributed by atoms with Gasteiger partial charge >= 0.3 is 0 Å². The van der Waals surface area contributed by atoms with E-state index in [0.29, 0.717) is 16.8 Å². The molecule has 0 aliphatic rings. The van der Waals surface area contributed by atoms with Gasteiger partial charge in [0.1, 0.15) is 0 Å². The highest BCUT2D eigenvalue weighted by Gasteiger charge is 2.06. The lowest BCUT2D eigenvalue weighted by molar-refractivity contribution is -0.113. The Balaban J connectivity index is 1.87. The maximum atomic E-state index is 11.9. The summed E-state index contributed by atoms with van der Waals surface area (Å²) in [6.45, 7) is 6.19. The van der Waals surface area contributed by atoms with Gasteiger partial charge < -0.3 is 5.32 Å². The van der Waals surface area contributed by atoms with Gasteiger partial charge in [0.05, 0.1) is 5.75 Å². The van der Waals surface area contributed by atoms with Crippen molar-refractivity contribution in [1.82, 2.24) is 9.97 Å². The lowest BCUT2D eigenvalue weighted by atomic mass is 10.0. The molecule has 1 aromatic carbocycles. The van der Waals surface area contributed by atoms with Crippen LogP contribution in [0.3, 0.4) is 0 Å². The Kier molecular flexibility index (Phi) is 5.33. The number of carbonyl (C=O) groups excluding carboxylic acids is 1. The molecular weight excluding hydrogens is 282 g/mol. The summed E-state index contributed by atoms with van der Waals surface area (Å²) in [5, 5.41) is 3.50. The molecule has 0 unspecified atom stereocenters. The van der Waals surface area contributed by atoms with Crippen LogP contribution >= 0.6 is 11.8 Å². The van der Waals surface area contributed by atoms with Crippen LogP contribution in [0.4, 0.5) is 5.69 Å². The fourth-order valence-corrected chi connectivity index (χ4v) is 2.45. The highest BCUT2D eigenvalue weighted by molar-refractivity contribution is 7.99. The molecule has 21 heavy (non-hydrogen) atoms. The molecule has 1 N–H and O–H groups in total. The first-order valence-corrected chi connectivity index (χ1v) is 7.85. The number of anilines is 1. The molecule has 2 rings (SSSR count). The fraction of sp³-hybridized carbons (Fsp3) is 0.312. The van der Waals surface area contributed by atoms with Crippen molar-refractivity contribution in [2.24, 2.45) is 0 Å². The summed E-state index contributed by atoms with van der Waals surface area (Å²) in [6, 6.07) is 9.77. The molecule has 110 valence electrons. The van der Waals surface area contributed by atoms with Crippen LogP contribution in [0.15, 0.2) is 41.7 Å². The third kappa shape index (κ3) is 4.86. The summed E-state index contributed by atoms with van der Waals surface area (Å²) in [5.74, 6) is 0.737. The second-order valence-electron chi connectivity index (χ2n) is 5.09. The molecule has 0 fully saturated rings. The molecule has 0 aliphatic heterocycles. The van der Waals surface area contributed by atoms with E-state index in [9.17, 15) is 4.79 Å². The van der Waals surface area contributed by atoms with Gasteiger partial charge in [-0.2, -0.15) is 0 Å². The van der Waals surface area contributed by atoms with Crippen molar-refractivity contribution in [2.45, 2.75) is 31.8 Å². The molecule has 0 atom stereocenters. The number of hydrogen-bond acceptors (Lipinski definition) is 4. The molecule has 0 saturated carbocycles. The average molecular weight is 301 g/mol. The summed E-state index contributed by atoms with van der Waals surface area (Å²) in [6.07, 6.45) is 1.70. The van der Waals surface area contributed by atoms with Gasteiger partial charge in [-0.25, -0.2) is 9.97 Å². The first-order valence-electron chi connectivity index (χ1n) is 6.87. The number of benzene rings is 1. The maximum absolute atomic E-state index is 11.9.